The Morgan fingerprint density at radius 3 is 2.90 bits per heavy atom. The van der Waals surface area contributed by atoms with Crippen molar-refractivity contribution in [3.63, 3.8) is 0 Å². The molecule has 0 radical (unpaired) electrons. The number of rotatable bonds is 6. The van der Waals surface area contributed by atoms with E-state index in [4.69, 9.17) is 9.72 Å². The van der Waals surface area contributed by atoms with E-state index in [0.29, 0.717) is 23.5 Å². The summed E-state index contributed by atoms with van der Waals surface area (Å²) in [4.78, 5) is 27.1. The van der Waals surface area contributed by atoms with Gasteiger partial charge < -0.3 is 9.72 Å². The lowest BCUT2D eigenvalue weighted by molar-refractivity contribution is 0.158. The number of halogens is 1. The molecule has 0 aliphatic heterocycles. The first kappa shape index (κ1) is 21.4. The molecule has 0 fully saturated rings. The molecule has 8 heteroatoms. The number of pyridine rings is 1. The molecule has 3 aromatic heterocycles. The normalized spacial score (nSPS) is 11.3. The van der Waals surface area contributed by atoms with Gasteiger partial charge in [-0.3, -0.25) is 14.7 Å². The van der Waals surface area contributed by atoms with E-state index >= 15 is 0 Å². The zero-order chi connectivity index (χ0) is 19.7. The number of hydrogen-bond acceptors (Lipinski definition) is 6. The van der Waals surface area contributed by atoms with Gasteiger partial charge in [-0.05, 0) is 48.7 Å². The lowest BCUT2D eigenvalue weighted by atomic mass is 10.1. The number of thiophene rings is 1. The van der Waals surface area contributed by atoms with Crippen LogP contribution in [0.5, 0.6) is 0 Å². The quantitative estimate of drug-likeness (QED) is 0.500. The zero-order valence-electron chi connectivity index (χ0n) is 16.6. The third-order valence-electron chi connectivity index (χ3n) is 4.77. The van der Waals surface area contributed by atoms with Crippen LogP contribution in [0, 0.1) is 6.92 Å². The molecule has 1 aromatic carbocycles. The molecule has 0 spiro atoms. The minimum absolute atomic E-state index is 0. The van der Waals surface area contributed by atoms with E-state index in [-0.39, 0.29) is 18.0 Å². The number of benzene rings is 1. The number of ether oxygens (including phenoxy) is 1. The number of aryl methyl sites for hydroxylation is 1. The fourth-order valence-corrected chi connectivity index (χ4v) is 4.12. The lowest BCUT2D eigenvalue weighted by Gasteiger charge is -2.17. The van der Waals surface area contributed by atoms with Gasteiger partial charge in [0.2, 0.25) is 0 Å². The number of nitrogens with one attached hydrogen (secondary N) is 1. The van der Waals surface area contributed by atoms with Gasteiger partial charge in [-0.1, -0.05) is 6.07 Å². The minimum Gasteiger partial charge on any atom is -0.383 e. The van der Waals surface area contributed by atoms with E-state index in [9.17, 15) is 4.79 Å². The van der Waals surface area contributed by atoms with Crippen molar-refractivity contribution in [2.75, 3.05) is 27.3 Å². The summed E-state index contributed by atoms with van der Waals surface area (Å²) in [5.74, 6) is 0.501. The van der Waals surface area contributed by atoms with Crippen LogP contribution in [0.2, 0.25) is 0 Å². The van der Waals surface area contributed by atoms with Crippen LogP contribution in [-0.4, -0.2) is 47.2 Å². The molecule has 4 aromatic rings. The van der Waals surface area contributed by atoms with Crippen molar-refractivity contribution in [1.29, 1.82) is 0 Å². The second-order valence-corrected chi connectivity index (χ2v) is 7.93. The van der Waals surface area contributed by atoms with Crippen LogP contribution in [0.4, 0.5) is 0 Å². The van der Waals surface area contributed by atoms with E-state index in [1.54, 1.807) is 18.4 Å². The highest BCUT2D eigenvalue weighted by Gasteiger charge is 2.12. The molecule has 0 atom stereocenters. The molecule has 0 saturated carbocycles. The first-order valence-electron chi connectivity index (χ1n) is 9.10. The standard InChI is InChI=1S/C21H22N4O2S.ClH/c1-13-8-14(12-25(2)5-6-27-3)9-16-19(13)23-20(24-21(16)26)17-10-18-15(11-22-17)4-7-28-18;/h4,7-11H,5-6,12H2,1-3H3,(H,23,24,26);1H. The Hall–Kier alpha value is -2.32. The fraction of sp³-hybridized carbons (Fsp3) is 0.286. The van der Waals surface area contributed by atoms with Gasteiger partial charge in [-0.2, -0.15) is 0 Å². The average Bonchev–Trinajstić information content (AvgIpc) is 3.15. The van der Waals surface area contributed by atoms with Gasteiger partial charge in [0.25, 0.3) is 5.56 Å². The highest BCUT2D eigenvalue weighted by atomic mass is 35.5. The predicted octanol–water partition coefficient (Wildman–Crippen LogP) is 4.01. The van der Waals surface area contributed by atoms with Crippen LogP contribution in [-0.2, 0) is 11.3 Å². The number of methoxy groups -OCH3 is 1. The molecular weight excluding hydrogens is 408 g/mol. The van der Waals surface area contributed by atoms with Crippen molar-refractivity contribution >= 4 is 44.7 Å². The maximum Gasteiger partial charge on any atom is 0.259 e. The Morgan fingerprint density at radius 1 is 1.28 bits per heavy atom. The van der Waals surface area contributed by atoms with Crippen molar-refractivity contribution < 1.29 is 4.74 Å². The molecule has 0 bridgehead atoms. The number of fused-ring (bicyclic) bond motifs is 2. The highest BCUT2D eigenvalue weighted by molar-refractivity contribution is 7.17. The van der Waals surface area contributed by atoms with Crippen LogP contribution in [0.25, 0.3) is 32.5 Å². The van der Waals surface area contributed by atoms with E-state index in [1.165, 1.54) is 0 Å². The number of hydrogen-bond donors (Lipinski definition) is 1. The average molecular weight is 431 g/mol. The summed E-state index contributed by atoms with van der Waals surface area (Å²) in [5.41, 5.74) is 3.32. The number of aromatic amines is 1. The molecule has 0 unspecified atom stereocenters. The first-order chi connectivity index (χ1) is 13.5. The molecular formula is C21H23ClN4O2S. The second-order valence-electron chi connectivity index (χ2n) is 6.98. The van der Waals surface area contributed by atoms with Gasteiger partial charge in [-0.15, -0.1) is 23.7 Å². The third kappa shape index (κ3) is 4.48. The first-order valence-corrected chi connectivity index (χ1v) is 9.98. The summed E-state index contributed by atoms with van der Waals surface area (Å²) in [5, 5.41) is 3.73. The van der Waals surface area contributed by atoms with E-state index in [1.807, 2.05) is 43.7 Å². The molecule has 3 heterocycles. The van der Waals surface area contributed by atoms with Crippen LogP contribution in [0.1, 0.15) is 11.1 Å². The SMILES string of the molecule is COCCN(C)Cc1cc(C)c2nc(-c3cc4sccc4cn3)[nH]c(=O)c2c1.Cl. The fourth-order valence-electron chi connectivity index (χ4n) is 3.33. The van der Waals surface area contributed by atoms with Crippen LogP contribution >= 0.6 is 23.7 Å². The second kappa shape index (κ2) is 9.00. The summed E-state index contributed by atoms with van der Waals surface area (Å²) in [6.07, 6.45) is 1.82. The van der Waals surface area contributed by atoms with Crippen molar-refractivity contribution in [3.05, 3.63) is 57.3 Å². The van der Waals surface area contributed by atoms with Gasteiger partial charge in [0, 0.05) is 36.5 Å². The van der Waals surface area contributed by atoms with Gasteiger partial charge in [0.05, 0.1) is 17.5 Å². The van der Waals surface area contributed by atoms with Crippen molar-refractivity contribution in [1.82, 2.24) is 19.9 Å². The van der Waals surface area contributed by atoms with Gasteiger partial charge in [-0.25, -0.2) is 4.98 Å². The highest BCUT2D eigenvalue weighted by Crippen LogP contribution is 2.25. The van der Waals surface area contributed by atoms with Gasteiger partial charge in [0.1, 0.15) is 5.69 Å². The third-order valence-corrected chi connectivity index (χ3v) is 5.65. The van der Waals surface area contributed by atoms with Crippen molar-refractivity contribution in [3.8, 4) is 11.5 Å². The molecule has 0 amide bonds. The largest absolute Gasteiger partial charge is 0.383 e. The molecule has 4 rings (SSSR count). The summed E-state index contributed by atoms with van der Waals surface area (Å²) >= 11 is 1.65. The van der Waals surface area contributed by atoms with Gasteiger partial charge in [0.15, 0.2) is 5.82 Å². The molecule has 0 aliphatic carbocycles. The van der Waals surface area contributed by atoms with Crippen molar-refractivity contribution in [2.45, 2.75) is 13.5 Å². The Morgan fingerprint density at radius 2 is 2.10 bits per heavy atom. The van der Waals surface area contributed by atoms with Crippen LogP contribution in [0.15, 0.2) is 40.6 Å². The zero-order valence-corrected chi connectivity index (χ0v) is 18.2. The summed E-state index contributed by atoms with van der Waals surface area (Å²) < 4.78 is 6.25. The maximum atomic E-state index is 12.8. The predicted molar refractivity (Wildman–Crippen MR) is 121 cm³/mol. The minimum atomic E-state index is -0.141. The monoisotopic (exact) mass is 430 g/mol. The molecule has 0 saturated heterocycles. The van der Waals surface area contributed by atoms with E-state index in [0.717, 1.165) is 39.8 Å². The smallest absolute Gasteiger partial charge is 0.259 e. The Balaban J connectivity index is 0.00000240. The summed E-state index contributed by atoms with van der Waals surface area (Å²) in [6, 6.07) is 8.02. The Bertz CT molecular complexity index is 1200. The summed E-state index contributed by atoms with van der Waals surface area (Å²) in [6.45, 7) is 4.25. The molecule has 152 valence electrons. The summed E-state index contributed by atoms with van der Waals surface area (Å²) in [7, 11) is 3.73. The van der Waals surface area contributed by atoms with Gasteiger partial charge >= 0.3 is 0 Å². The lowest BCUT2D eigenvalue weighted by Crippen LogP contribution is -2.22. The van der Waals surface area contributed by atoms with Crippen LogP contribution in [0.3, 0.4) is 0 Å². The van der Waals surface area contributed by atoms with E-state index < -0.39 is 0 Å². The molecule has 6 nitrogen and oxygen atoms in total. The number of H-pyrrole nitrogens is 1. The number of nitrogens with zero attached hydrogens (tertiary/aromatic N) is 3. The van der Waals surface area contributed by atoms with Crippen LogP contribution < -0.4 is 5.56 Å². The molecule has 29 heavy (non-hydrogen) atoms. The molecule has 0 aliphatic rings. The van der Waals surface area contributed by atoms with Crippen molar-refractivity contribution in [2.24, 2.45) is 0 Å². The number of likely N-dealkylation sites (N-methyl/N-ethyl adjacent to an activating group) is 1. The maximum absolute atomic E-state index is 12.8. The molecule has 1 N–H and O–H groups in total. The number of aromatic nitrogens is 3. The Labute approximate surface area is 179 Å². The Kier molecular flexibility index (Phi) is 6.64. The topological polar surface area (TPSA) is 71.1 Å². The van der Waals surface area contributed by atoms with E-state index in [2.05, 4.69) is 20.9 Å².